The Morgan fingerprint density at radius 3 is 2.81 bits per heavy atom. The Hall–Kier alpha value is -1.13. The van der Waals surface area contributed by atoms with Crippen LogP contribution in [0.15, 0.2) is 18.2 Å². The van der Waals surface area contributed by atoms with E-state index in [9.17, 15) is 9.18 Å². The SMILES string of the molecule is CCC(C)(N)C(=O)Nc1cc(F)ccc1Cl. The zero-order chi connectivity index (χ0) is 12.3. The van der Waals surface area contributed by atoms with Crippen LogP contribution >= 0.6 is 11.6 Å². The molecule has 0 spiro atoms. The van der Waals surface area contributed by atoms with Gasteiger partial charge in [0.05, 0.1) is 16.2 Å². The summed E-state index contributed by atoms with van der Waals surface area (Å²) in [6.45, 7) is 3.41. The van der Waals surface area contributed by atoms with Gasteiger partial charge in [-0.15, -0.1) is 0 Å². The Kier molecular flexibility index (Phi) is 3.88. The van der Waals surface area contributed by atoms with Gasteiger partial charge in [-0.2, -0.15) is 0 Å². The van der Waals surface area contributed by atoms with E-state index in [-0.39, 0.29) is 16.6 Å². The standard InChI is InChI=1S/C11H14ClFN2O/c1-3-11(2,14)10(16)15-9-6-7(13)4-5-8(9)12/h4-6H,3,14H2,1-2H3,(H,15,16). The number of benzene rings is 1. The molecule has 1 aromatic carbocycles. The van der Waals surface area contributed by atoms with Crippen molar-refractivity contribution < 1.29 is 9.18 Å². The normalized spacial score (nSPS) is 14.3. The third kappa shape index (κ3) is 2.93. The third-order valence-corrected chi connectivity index (χ3v) is 2.76. The van der Waals surface area contributed by atoms with Gasteiger partial charge in [-0.1, -0.05) is 18.5 Å². The summed E-state index contributed by atoms with van der Waals surface area (Å²) in [6, 6.07) is 3.76. The molecule has 3 N–H and O–H groups in total. The second-order valence-corrected chi connectivity index (χ2v) is 4.26. The highest BCUT2D eigenvalue weighted by Gasteiger charge is 2.26. The molecule has 1 unspecified atom stereocenters. The van der Waals surface area contributed by atoms with Gasteiger partial charge in [0.1, 0.15) is 5.82 Å². The number of nitrogens with one attached hydrogen (secondary N) is 1. The molecule has 1 atom stereocenters. The van der Waals surface area contributed by atoms with Crippen LogP contribution in [0.2, 0.25) is 5.02 Å². The first-order chi connectivity index (χ1) is 7.36. The Balaban J connectivity index is 2.89. The lowest BCUT2D eigenvalue weighted by atomic mass is 9.99. The maximum atomic E-state index is 12.9. The molecule has 88 valence electrons. The number of rotatable bonds is 3. The summed E-state index contributed by atoms with van der Waals surface area (Å²) in [6.07, 6.45) is 0.478. The molecule has 0 aliphatic rings. The Morgan fingerprint density at radius 1 is 1.62 bits per heavy atom. The number of hydrogen-bond acceptors (Lipinski definition) is 2. The van der Waals surface area contributed by atoms with Gasteiger partial charge in [-0.05, 0) is 31.5 Å². The van der Waals surface area contributed by atoms with Gasteiger partial charge < -0.3 is 11.1 Å². The van der Waals surface area contributed by atoms with Gasteiger partial charge in [-0.25, -0.2) is 4.39 Å². The second-order valence-electron chi connectivity index (χ2n) is 3.85. The maximum Gasteiger partial charge on any atom is 0.244 e. The van der Waals surface area contributed by atoms with Gasteiger partial charge in [-0.3, -0.25) is 4.79 Å². The Morgan fingerprint density at radius 2 is 2.25 bits per heavy atom. The van der Waals surface area contributed by atoms with E-state index in [1.807, 2.05) is 0 Å². The lowest BCUT2D eigenvalue weighted by Crippen LogP contribution is -2.47. The minimum absolute atomic E-state index is 0.233. The molecule has 0 aromatic heterocycles. The minimum Gasteiger partial charge on any atom is -0.323 e. The summed E-state index contributed by atoms with van der Waals surface area (Å²) < 4.78 is 12.9. The van der Waals surface area contributed by atoms with Crippen LogP contribution in [-0.4, -0.2) is 11.4 Å². The summed E-state index contributed by atoms with van der Waals surface area (Å²) in [5.41, 5.74) is 4.99. The van der Waals surface area contributed by atoms with Crippen LogP contribution in [0.25, 0.3) is 0 Å². The molecule has 1 amide bonds. The first kappa shape index (κ1) is 12.9. The van der Waals surface area contributed by atoms with E-state index in [0.717, 1.165) is 6.07 Å². The molecule has 0 aliphatic heterocycles. The molecule has 16 heavy (non-hydrogen) atoms. The molecule has 1 aromatic rings. The van der Waals surface area contributed by atoms with Crippen molar-refractivity contribution in [3.05, 3.63) is 29.0 Å². The number of carbonyl (C=O) groups is 1. The first-order valence-electron chi connectivity index (χ1n) is 4.92. The van der Waals surface area contributed by atoms with Crippen molar-refractivity contribution in [1.82, 2.24) is 0 Å². The van der Waals surface area contributed by atoms with Crippen molar-refractivity contribution >= 4 is 23.2 Å². The fourth-order valence-electron chi connectivity index (χ4n) is 1.02. The summed E-state index contributed by atoms with van der Waals surface area (Å²) in [4.78, 5) is 11.7. The average Bonchev–Trinajstić information content (AvgIpc) is 2.23. The molecular formula is C11H14ClFN2O. The highest BCUT2D eigenvalue weighted by Crippen LogP contribution is 2.23. The van der Waals surface area contributed by atoms with E-state index >= 15 is 0 Å². The number of hydrogen-bond donors (Lipinski definition) is 2. The maximum absolute atomic E-state index is 12.9. The number of halogens is 2. The average molecular weight is 245 g/mol. The van der Waals surface area contributed by atoms with E-state index in [1.54, 1.807) is 13.8 Å². The van der Waals surface area contributed by atoms with Gasteiger partial charge in [0.25, 0.3) is 0 Å². The molecule has 0 radical (unpaired) electrons. The Labute approximate surface area is 98.8 Å². The summed E-state index contributed by atoms with van der Waals surface area (Å²) in [7, 11) is 0. The molecule has 1 rings (SSSR count). The van der Waals surface area contributed by atoms with E-state index in [1.165, 1.54) is 12.1 Å². The zero-order valence-corrected chi connectivity index (χ0v) is 9.94. The van der Waals surface area contributed by atoms with Crippen LogP contribution in [0.4, 0.5) is 10.1 Å². The Bertz CT molecular complexity index is 407. The molecule has 5 heteroatoms. The van der Waals surface area contributed by atoms with Gasteiger partial charge in [0.15, 0.2) is 0 Å². The monoisotopic (exact) mass is 244 g/mol. The summed E-state index contributed by atoms with van der Waals surface area (Å²) in [5.74, 6) is -0.850. The van der Waals surface area contributed by atoms with Crippen molar-refractivity contribution in [2.75, 3.05) is 5.32 Å². The molecule has 0 saturated carbocycles. The summed E-state index contributed by atoms with van der Waals surface area (Å²) >= 11 is 5.81. The van der Waals surface area contributed by atoms with Crippen LogP contribution in [0.3, 0.4) is 0 Å². The topological polar surface area (TPSA) is 55.1 Å². The molecule has 0 saturated heterocycles. The van der Waals surface area contributed by atoms with Crippen LogP contribution in [0, 0.1) is 5.82 Å². The van der Waals surface area contributed by atoms with Gasteiger partial charge >= 0.3 is 0 Å². The van der Waals surface area contributed by atoms with E-state index in [4.69, 9.17) is 17.3 Å². The van der Waals surface area contributed by atoms with Crippen molar-refractivity contribution in [1.29, 1.82) is 0 Å². The molecule has 0 heterocycles. The van der Waals surface area contributed by atoms with E-state index in [2.05, 4.69) is 5.32 Å². The van der Waals surface area contributed by atoms with Crippen LogP contribution < -0.4 is 11.1 Å². The lowest BCUT2D eigenvalue weighted by Gasteiger charge is -2.21. The molecule has 0 aliphatic carbocycles. The molecular weight excluding hydrogens is 231 g/mol. The third-order valence-electron chi connectivity index (χ3n) is 2.43. The van der Waals surface area contributed by atoms with Gasteiger partial charge in [0.2, 0.25) is 5.91 Å². The lowest BCUT2D eigenvalue weighted by molar-refractivity contribution is -0.120. The van der Waals surface area contributed by atoms with Crippen LogP contribution in [0.1, 0.15) is 20.3 Å². The number of amides is 1. The minimum atomic E-state index is -0.990. The largest absolute Gasteiger partial charge is 0.323 e. The molecule has 0 fully saturated rings. The van der Waals surface area contributed by atoms with Crippen molar-refractivity contribution in [2.24, 2.45) is 5.73 Å². The van der Waals surface area contributed by atoms with Gasteiger partial charge in [0, 0.05) is 0 Å². The van der Waals surface area contributed by atoms with Crippen molar-refractivity contribution in [3.63, 3.8) is 0 Å². The summed E-state index contributed by atoms with van der Waals surface area (Å²) in [5, 5.41) is 2.79. The smallest absolute Gasteiger partial charge is 0.244 e. The van der Waals surface area contributed by atoms with Crippen LogP contribution in [-0.2, 0) is 4.79 Å². The number of nitrogens with two attached hydrogens (primary N) is 1. The van der Waals surface area contributed by atoms with E-state index in [0.29, 0.717) is 6.42 Å². The fourth-order valence-corrected chi connectivity index (χ4v) is 1.18. The van der Waals surface area contributed by atoms with Crippen molar-refractivity contribution in [2.45, 2.75) is 25.8 Å². The predicted molar refractivity (Wildman–Crippen MR) is 62.9 cm³/mol. The van der Waals surface area contributed by atoms with Crippen LogP contribution in [0.5, 0.6) is 0 Å². The number of carbonyl (C=O) groups excluding carboxylic acids is 1. The predicted octanol–water partition coefficient (Wildman–Crippen LogP) is 2.55. The molecule has 3 nitrogen and oxygen atoms in total. The quantitative estimate of drug-likeness (QED) is 0.859. The van der Waals surface area contributed by atoms with Crippen molar-refractivity contribution in [3.8, 4) is 0 Å². The fraction of sp³-hybridized carbons (Fsp3) is 0.364. The van der Waals surface area contributed by atoms with E-state index < -0.39 is 11.4 Å². The zero-order valence-electron chi connectivity index (χ0n) is 9.18. The molecule has 0 bridgehead atoms. The second kappa shape index (κ2) is 4.80. The first-order valence-corrected chi connectivity index (χ1v) is 5.30. The number of anilines is 1. The highest BCUT2D eigenvalue weighted by molar-refractivity contribution is 6.33. The highest BCUT2D eigenvalue weighted by atomic mass is 35.5.